The predicted octanol–water partition coefficient (Wildman–Crippen LogP) is 7.34. The molecular weight excluding hydrogens is 372 g/mol. The van der Waals surface area contributed by atoms with Crippen LogP contribution in [0.5, 0.6) is 0 Å². The topological polar surface area (TPSA) is 0 Å². The summed E-state index contributed by atoms with van der Waals surface area (Å²) in [5.74, 6) is 13.3. The van der Waals surface area contributed by atoms with Gasteiger partial charge in [-0.1, -0.05) is 81.6 Å². The summed E-state index contributed by atoms with van der Waals surface area (Å²) in [5.41, 5.74) is 8.24. The summed E-state index contributed by atoms with van der Waals surface area (Å²) in [6.07, 6.45) is 6.99. The van der Waals surface area contributed by atoms with Gasteiger partial charge in [-0.15, -0.1) is 0 Å². The van der Waals surface area contributed by atoms with E-state index in [2.05, 4.69) is 111 Å². The van der Waals surface area contributed by atoms with E-state index in [1.54, 1.807) is 0 Å². The second-order valence-electron chi connectivity index (χ2n) is 7.93. The Kier molecular flexibility index (Phi) is 8.58. The lowest BCUT2D eigenvalue weighted by Crippen LogP contribution is -1.90. The Morgan fingerprint density at radius 3 is 1.74 bits per heavy atom. The highest BCUT2D eigenvalue weighted by Crippen LogP contribution is 2.13. The molecule has 156 valence electrons. The molecule has 0 saturated carbocycles. The van der Waals surface area contributed by atoms with Crippen LogP contribution in [0, 0.1) is 23.7 Å². The average molecular weight is 405 g/mol. The van der Waals surface area contributed by atoms with Crippen LogP contribution in [0.4, 0.5) is 0 Å². The monoisotopic (exact) mass is 404 g/mol. The largest absolute Gasteiger partial charge is 0.0654 e. The first-order valence-corrected chi connectivity index (χ1v) is 11.6. The summed E-state index contributed by atoms with van der Waals surface area (Å²) in [5, 5.41) is 0. The Morgan fingerprint density at radius 1 is 0.548 bits per heavy atom. The van der Waals surface area contributed by atoms with E-state index < -0.39 is 0 Å². The average Bonchev–Trinajstić information content (AvgIpc) is 2.83. The van der Waals surface area contributed by atoms with Gasteiger partial charge >= 0.3 is 0 Å². The molecule has 3 aromatic carbocycles. The maximum Gasteiger partial charge on any atom is 0.0281 e. The Labute approximate surface area is 188 Å². The fraction of sp³-hybridized carbons (Fsp3) is 0.290. The molecule has 0 nitrogen and oxygen atoms in total. The molecule has 0 aromatic heterocycles. The number of aryl methyl sites for hydroxylation is 3. The summed E-state index contributed by atoms with van der Waals surface area (Å²) in [6, 6.07) is 23.6. The van der Waals surface area contributed by atoms with Crippen molar-refractivity contribution in [1.82, 2.24) is 0 Å². The zero-order chi connectivity index (χ0) is 21.9. The van der Waals surface area contributed by atoms with Crippen LogP contribution in [-0.2, 0) is 19.3 Å². The Morgan fingerprint density at radius 2 is 1.13 bits per heavy atom. The van der Waals surface area contributed by atoms with E-state index in [1.807, 2.05) is 0 Å². The van der Waals surface area contributed by atoms with Gasteiger partial charge in [0.25, 0.3) is 0 Å². The first-order valence-electron chi connectivity index (χ1n) is 11.6. The van der Waals surface area contributed by atoms with Crippen LogP contribution in [-0.4, -0.2) is 0 Å². The van der Waals surface area contributed by atoms with Gasteiger partial charge in [0.2, 0.25) is 0 Å². The van der Waals surface area contributed by atoms with E-state index in [0.29, 0.717) is 0 Å². The molecule has 3 aromatic rings. The van der Waals surface area contributed by atoms with Gasteiger partial charge in [0.1, 0.15) is 0 Å². The van der Waals surface area contributed by atoms with Crippen LogP contribution in [0.2, 0.25) is 0 Å². The van der Waals surface area contributed by atoms with Gasteiger partial charge in [0, 0.05) is 22.3 Å². The second-order valence-corrected chi connectivity index (χ2v) is 7.93. The number of hydrogen-bond donors (Lipinski definition) is 0. The molecule has 0 heterocycles. The van der Waals surface area contributed by atoms with Crippen molar-refractivity contribution >= 4 is 0 Å². The Hall–Kier alpha value is -3.22. The van der Waals surface area contributed by atoms with Gasteiger partial charge in [0.05, 0.1) is 0 Å². The third-order valence-electron chi connectivity index (χ3n) is 5.56. The molecule has 0 saturated heterocycles. The van der Waals surface area contributed by atoms with Gasteiger partial charge in [-0.25, -0.2) is 0 Å². The number of rotatable bonds is 6. The summed E-state index contributed by atoms with van der Waals surface area (Å²) in [6.45, 7) is 6.58. The van der Waals surface area contributed by atoms with Gasteiger partial charge in [-0.3, -0.25) is 0 Å². The second kappa shape index (κ2) is 11.8. The molecule has 3 rings (SSSR count). The SMILES string of the molecule is CCCCCc1ccc(C#Cc2ccc(C#Cc3ccc(CC)cc3)c(CC)c2)cc1. The molecule has 0 N–H and O–H groups in total. The smallest absolute Gasteiger partial charge is 0.0281 e. The van der Waals surface area contributed by atoms with Crippen molar-refractivity contribution in [3.8, 4) is 23.7 Å². The Balaban J connectivity index is 1.71. The fourth-order valence-electron chi connectivity index (χ4n) is 3.53. The first kappa shape index (κ1) is 22.5. The molecule has 0 aliphatic heterocycles. The minimum absolute atomic E-state index is 0.945. The van der Waals surface area contributed by atoms with Gasteiger partial charge < -0.3 is 0 Å². The van der Waals surface area contributed by atoms with E-state index in [-0.39, 0.29) is 0 Å². The van der Waals surface area contributed by atoms with Gasteiger partial charge in [0.15, 0.2) is 0 Å². The summed E-state index contributed by atoms with van der Waals surface area (Å²) >= 11 is 0. The van der Waals surface area contributed by atoms with Crippen LogP contribution in [0.3, 0.4) is 0 Å². The molecule has 31 heavy (non-hydrogen) atoms. The van der Waals surface area contributed by atoms with E-state index >= 15 is 0 Å². The lowest BCUT2D eigenvalue weighted by Gasteiger charge is -2.03. The first-order chi connectivity index (χ1) is 15.2. The van der Waals surface area contributed by atoms with E-state index in [1.165, 1.54) is 36.0 Å². The maximum atomic E-state index is 3.35. The molecule has 0 aliphatic carbocycles. The van der Waals surface area contributed by atoms with Crippen molar-refractivity contribution in [3.05, 3.63) is 106 Å². The lowest BCUT2D eigenvalue weighted by molar-refractivity contribution is 0.717. The predicted molar refractivity (Wildman–Crippen MR) is 133 cm³/mol. The third-order valence-corrected chi connectivity index (χ3v) is 5.56. The maximum absolute atomic E-state index is 3.35. The summed E-state index contributed by atoms with van der Waals surface area (Å²) < 4.78 is 0. The molecule has 0 amide bonds. The van der Waals surface area contributed by atoms with Gasteiger partial charge in [-0.2, -0.15) is 0 Å². The molecule has 0 heteroatoms. The van der Waals surface area contributed by atoms with Crippen LogP contribution in [0.1, 0.15) is 79.0 Å². The molecule has 0 bridgehead atoms. The van der Waals surface area contributed by atoms with Crippen molar-refractivity contribution < 1.29 is 0 Å². The lowest BCUT2D eigenvalue weighted by atomic mass is 10.0. The molecular formula is C31H32. The van der Waals surface area contributed by atoms with Crippen molar-refractivity contribution in [2.45, 2.75) is 59.3 Å². The van der Waals surface area contributed by atoms with E-state index in [4.69, 9.17) is 0 Å². The van der Waals surface area contributed by atoms with E-state index in [9.17, 15) is 0 Å². The van der Waals surface area contributed by atoms with Crippen molar-refractivity contribution in [3.63, 3.8) is 0 Å². The quantitative estimate of drug-likeness (QED) is 0.298. The molecule has 0 spiro atoms. The number of hydrogen-bond acceptors (Lipinski definition) is 0. The highest BCUT2D eigenvalue weighted by atomic mass is 14.0. The number of unbranched alkanes of at least 4 members (excludes halogenated alkanes) is 2. The zero-order valence-electron chi connectivity index (χ0n) is 19.1. The van der Waals surface area contributed by atoms with Crippen LogP contribution >= 0.6 is 0 Å². The normalized spacial score (nSPS) is 10.0. The Bertz CT molecular complexity index is 1090. The van der Waals surface area contributed by atoms with Crippen molar-refractivity contribution in [1.29, 1.82) is 0 Å². The molecule has 0 radical (unpaired) electrons. The minimum atomic E-state index is 0.945. The van der Waals surface area contributed by atoms with Crippen LogP contribution in [0.15, 0.2) is 66.7 Å². The van der Waals surface area contributed by atoms with Gasteiger partial charge in [-0.05, 0) is 84.8 Å². The van der Waals surface area contributed by atoms with Crippen molar-refractivity contribution in [2.24, 2.45) is 0 Å². The summed E-state index contributed by atoms with van der Waals surface area (Å²) in [4.78, 5) is 0. The molecule has 0 aliphatic rings. The minimum Gasteiger partial charge on any atom is -0.0654 e. The summed E-state index contributed by atoms with van der Waals surface area (Å²) in [7, 11) is 0. The highest BCUT2D eigenvalue weighted by molar-refractivity contribution is 5.52. The molecule has 0 atom stereocenters. The van der Waals surface area contributed by atoms with Crippen LogP contribution in [0.25, 0.3) is 0 Å². The highest BCUT2D eigenvalue weighted by Gasteiger charge is 2.00. The molecule has 0 fully saturated rings. The van der Waals surface area contributed by atoms with E-state index in [0.717, 1.165) is 41.5 Å². The third kappa shape index (κ3) is 6.91. The van der Waals surface area contributed by atoms with Crippen LogP contribution < -0.4 is 0 Å². The molecule has 0 unspecified atom stereocenters. The number of benzene rings is 3. The fourth-order valence-corrected chi connectivity index (χ4v) is 3.53. The van der Waals surface area contributed by atoms with Crippen molar-refractivity contribution in [2.75, 3.05) is 0 Å². The standard InChI is InChI=1S/C31H32/c1-4-7-8-9-26-14-16-27(17-15-26)18-19-29-21-23-31(30(6-3)24-29)22-20-28-12-10-25(5-2)11-13-28/h10-17,21,23-24H,4-9H2,1-3H3. The zero-order valence-corrected chi connectivity index (χ0v) is 19.1.